The number of aromatic nitrogens is 3. The van der Waals surface area contributed by atoms with Gasteiger partial charge in [-0.15, -0.1) is 21.8 Å². The second-order valence-corrected chi connectivity index (χ2v) is 5.41. The van der Waals surface area contributed by atoms with E-state index < -0.39 is 5.82 Å². The van der Waals surface area contributed by atoms with Gasteiger partial charge in [0.05, 0.1) is 11.4 Å². The molecule has 0 aliphatic heterocycles. The lowest BCUT2D eigenvalue weighted by Gasteiger charge is -2.12. The van der Waals surface area contributed by atoms with E-state index in [2.05, 4.69) is 24.0 Å². The molecular formula is C13H14Cl2FN3. The summed E-state index contributed by atoms with van der Waals surface area (Å²) in [5.41, 5.74) is 0.383. The molecule has 0 unspecified atom stereocenters. The molecule has 0 atom stereocenters. The lowest BCUT2D eigenvalue weighted by Crippen LogP contribution is -2.09. The Morgan fingerprint density at radius 1 is 1.32 bits per heavy atom. The van der Waals surface area contributed by atoms with E-state index in [9.17, 15) is 4.39 Å². The van der Waals surface area contributed by atoms with Gasteiger partial charge in [-0.25, -0.2) is 4.39 Å². The van der Waals surface area contributed by atoms with Gasteiger partial charge in [0.25, 0.3) is 0 Å². The summed E-state index contributed by atoms with van der Waals surface area (Å²) >= 11 is 11.6. The molecule has 0 amide bonds. The average Bonchev–Trinajstić information content (AvgIpc) is 2.71. The number of nitrogens with zero attached hydrogens (tertiary/aromatic N) is 3. The van der Waals surface area contributed by atoms with E-state index in [1.165, 1.54) is 6.07 Å². The second kappa shape index (κ2) is 5.88. The topological polar surface area (TPSA) is 30.7 Å². The summed E-state index contributed by atoms with van der Waals surface area (Å²) in [5.74, 6) is 1.34. The van der Waals surface area contributed by atoms with Crippen LogP contribution in [0.4, 0.5) is 4.39 Å². The maximum atomic E-state index is 14.0. The molecule has 2 rings (SSSR count). The molecule has 0 spiro atoms. The molecule has 1 heterocycles. The lowest BCUT2D eigenvalue weighted by molar-refractivity contribution is 0.514. The number of rotatable bonds is 4. The first kappa shape index (κ1) is 14.3. The number of hydrogen-bond acceptors (Lipinski definition) is 2. The minimum absolute atomic E-state index is 0.245. The number of benzene rings is 1. The lowest BCUT2D eigenvalue weighted by atomic mass is 10.1. The fourth-order valence-electron chi connectivity index (χ4n) is 1.86. The van der Waals surface area contributed by atoms with Crippen molar-refractivity contribution >= 4 is 23.2 Å². The molecule has 2 aromatic rings. The molecular weight excluding hydrogens is 288 g/mol. The van der Waals surface area contributed by atoms with E-state index >= 15 is 0 Å². The normalized spacial score (nSPS) is 11.3. The van der Waals surface area contributed by atoms with Crippen molar-refractivity contribution in [3.8, 4) is 11.4 Å². The number of hydrogen-bond donors (Lipinski definition) is 0. The summed E-state index contributed by atoms with van der Waals surface area (Å²) in [7, 11) is 0. The van der Waals surface area contributed by atoms with Crippen molar-refractivity contribution in [2.24, 2.45) is 5.92 Å². The fraction of sp³-hybridized carbons (Fsp3) is 0.385. The molecule has 0 bridgehead atoms. The standard InChI is InChI=1S/C13H14Cl2FN3/c1-8(2)7-19-12(6-14)17-18-13(19)10-4-3-9(15)5-11(10)16/h3-5,8H,6-7H2,1-2H3. The van der Waals surface area contributed by atoms with Crippen molar-refractivity contribution < 1.29 is 4.39 Å². The van der Waals surface area contributed by atoms with Crippen LogP contribution in [-0.2, 0) is 12.4 Å². The van der Waals surface area contributed by atoms with E-state index in [-0.39, 0.29) is 5.88 Å². The SMILES string of the molecule is CC(C)Cn1c(CCl)nnc1-c1ccc(Cl)cc1F. The van der Waals surface area contributed by atoms with Crippen LogP contribution in [0, 0.1) is 11.7 Å². The predicted molar refractivity (Wildman–Crippen MR) is 74.8 cm³/mol. The van der Waals surface area contributed by atoms with E-state index in [1.54, 1.807) is 12.1 Å². The third-order valence-corrected chi connectivity index (χ3v) is 3.14. The van der Waals surface area contributed by atoms with Gasteiger partial charge in [-0.3, -0.25) is 0 Å². The van der Waals surface area contributed by atoms with Gasteiger partial charge in [0, 0.05) is 11.6 Å². The Morgan fingerprint density at radius 3 is 2.63 bits per heavy atom. The van der Waals surface area contributed by atoms with Gasteiger partial charge in [0.1, 0.15) is 11.6 Å². The van der Waals surface area contributed by atoms with Gasteiger partial charge in [0.2, 0.25) is 0 Å². The highest BCUT2D eigenvalue weighted by atomic mass is 35.5. The molecule has 0 saturated heterocycles. The van der Waals surface area contributed by atoms with Crippen LogP contribution in [0.15, 0.2) is 18.2 Å². The molecule has 6 heteroatoms. The maximum Gasteiger partial charge on any atom is 0.166 e. The summed E-state index contributed by atoms with van der Waals surface area (Å²) < 4.78 is 15.8. The summed E-state index contributed by atoms with van der Waals surface area (Å²) in [5, 5.41) is 8.41. The molecule has 0 saturated carbocycles. The molecule has 3 nitrogen and oxygen atoms in total. The van der Waals surface area contributed by atoms with Crippen LogP contribution in [0.2, 0.25) is 5.02 Å². The maximum absolute atomic E-state index is 14.0. The second-order valence-electron chi connectivity index (χ2n) is 4.70. The summed E-state index contributed by atoms with van der Waals surface area (Å²) in [4.78, 5) is 0. The predicted octanol–water partition coefficient (Wildman–Crippen LogP) is 4.13. The van der Waals surface area contributed by atoms with Crippen LogP contribution in [0.25, 0.3) is 11.4 Å². The van der Waals surface area contributed by atoms with E-state index in [0.717, 1.165) is 0 Å². The minimum atomic E-state index is -0.411. The molecule has 19 heavy (non-hydrogen) atoms. The zero-order valence-electron chi connectivity index (χ0n) is 10.7. The van der Waals surface area contributed by atoms with Gasteiger partial charge in [-0.2, -0.15) is 0 Å². The Labute approximate surface area is 121 Å². The first-order valence-electron chi connectivity index (χ1n) is 5.96. The van der Waals surface area contributed by atoms with Crippen LogP contribution in [0.3, 0.4) is 0 Å². The number of halogens is 3. The molecule has 0 aliphatic carbocycles. The monoisotopic (exact) mass is 301 g/mol. The van der Waals surface area contributed by atoms with E-state index in [0.29, 0.717) is 34.7 Å². The highest BCUT2D eigenvalue weighted by Crippen LogP contribution is 2.25. The smallest absolute Gasteiger partial charge is 0.166 e. The minimum Gasteiger partial charge on any atom is -0.310 e. The third kappa shape index (κ3) is 3.07. The molecule has 0 aliphatic rings. The zero-order valence-corrected chi connectivity index (χ0v) is 12.2. The van der Waals surface area contributed by atoms with Gasteiger partial charge in [-0.1, -0.05) is 25.4 Å². The van der Waals surface area contributed by atoms with Crippen LogP contribution in [-0.4, -0.2) is 14.8 Å². The van der Waals surface area contributed by atoms with E-state index in [4.69, 9.17) is 23.2 Å². The van der Waals surface area contributed by atoms with Crippen molar-refractivity contribution in [2.75, 3.05) is 0 Å². The van der Waals surface area contributed by atoms with Crippen molar-refractivity contribution in [1.82, 2.24) is 14.8 Å². The molecule has 0 N–H and O–H groups in total. The van der Waals surface area contributed by atoms with Gasteiger partial charge >= 0.3 is 0 Å². The first-order valence-corrected chi connectivity index (χ1v) is 6.87. The highest BCUT2D eigenvalue weighted by molar-refractivity contribution is 6.30. The fourth-order valence-corrected chi connectivity index (χ4v) is 2.22. The molecule has 0 fully saturated rings. The summed E-state index contributed by atoms with van der Waals surface area (Å²) in [6, 6.07) is 4.51. The number of alkyl halides is 1. The Kier molecular flexibility index (Phi) is 4.42. The van der Waals surface area contributed by atoms with Gasteiger partial charge < -0.3 is 4.57 Å². The van der Waals surface area contributed by atoms with Crippen LogP contribution in [0.5, 0.6) is 0 Å². The highest BCUT2D eigenvalue weighted by Gasteiger charge is 2.17. The molecule has 1 aromatic carbocycles. The quantitative estimate of drug-likeness (QED) is 0.795. The van der Waals surface area contributed by atoms with Crippen molar-refractivity contribution in [3.63, 3.8) is 0 Å². The average molecular weight is 302 g/mol. The Hall–Kier alpha value is -1.13. The molecule has 1 aromatic heterocycles. The van der Waals surface area contributed by atoms with Crippen molar-refractivity contribution in [3.05, 3.63) is 34.9 Å². The summed E-state index contributed by atoms with van der Waals surface area (Å²) in [6.07, 6.45) is 0. The Balaban J connectivity index is 2.52. The van der Waals surface area contributed by atoms with Crippen LogP contribution in [0.1, 0.15) is 19.7 Å². The van der Waals surface area contributed by atoms with E-state index in [1.807, 2.05) is 4.57 Å². The van der Waals surface area contributed by atoms with Crippen LogP contribution >= 0.6 is 23.2 Å². The molecule has 102 valence electrons. The largest absolute Gasteiger partial charge is 0.310 e. The third-order valence-electron chi connectivity index (χ3n) is 2.67. The first-order chi connectivity index (χ1) is 9.02. The van der Waals surface area contributed by atoms with Gasteiger partial charge in [0.15, 0.2) is 5.82 Å². The van der Waals surface area contributed by atoms with Crippen molar-refractivity contribution in [2.45, 2.75) is 26.3 Å². The summed E-state index contributed by atoms with van der Waals surface area (Å²) in [6.45, 7) is 4.83. The van der Waals surface area contributed by atoms with Crippen molar-refractivity contribution in [1.29, 1.82) is 0 Å². The Morgan fingerprint density at radius 2 is 2.05 bits per heavy atom. The van der Waals surface area contributed by atoms with Gasteiger partial charge in [-0.05, 0) is 24.1 Å². The zero-order chi connectivity index (χ0) is 14.0. The Bertz CT molecular complexity index is 581. The van der Waals surface area contributed by atoms with Crippen LogP contribution < -0.4 is 0 Å². The molecule has 0 radical (unpaired) electrons.